The molecule has 5 rings (SSSR count). The molecule has 2 heterocycles. The van der Waals surface area contributed by atoms with Crippen molar-refractivity contribution in [2.45, 2.75) is 44.4 Å². The maximum Gasteiger partial charge on any atom is 0.329 e. The van der Waals surface area contributed by atoms with E-state index in [0.29, 0.717) is 30.6 Å². The van der Waals surface area contributed by atoms with Crippen LogP contribution in [0.1, 0.15) is 30.9 Å². The number of aliphatic hydroxyl groups is 2. The summed E-state index contributed by atoms with van der Waals surface area (Å²) in [6.07, 6.45) is 0.543. The van der Waals surface area contributed by atoms with Gasteiger partial charge in [-0.1, -0.05) is 0 Å². The molecule has 1 aromatic heterocycles. The van der Waals surface area contributed by atoms with Crippen molar-refractivity contribution in [1.29, 1.82) is 0 Å². The number of hydrogen-bond donors (Lipinski definition) is 4. The van der Waals surface area contributed by atoms with Gasteiger partial charge in [0.2, 0.25) is 0 Å². The molecule has 4 atom stereocenters. The molecule has 0 bridgehead atoms. The van der Waals surface area contributed by atoms with Crippen molar-refractivity contribution in [2.24, 2.45) is 11.8 Å². The summed E-state index contributed by atoms with van der Waals surface area (Å²) >= 11 is 0. The quantitative estimate of drug-likeness (QED) is 0.544. The van der Waals surface area contributed by atoms with E-state index in [4.69, 9.17) is 5.73 Å². The number of aryl methyl sites for hydroxylation is 1. The fourth-order valence-corrected chi connectivity index (χ4v) is 5.19. The molecule has 1 aromatic carbocycles. The lowest BCUT2D eigenvalue weighted by atomic mass is 9.99. The maximum atomic E-state index is 15.3. The number of aromatic amines is 1. The number of aliphatic hydroxyl groups excluding tert-OH is 2. The molecule has 1 aliphatic heterocycles. The summed E-state index contributed by atoms with van der Waals surface area (Å²) in [6, 6.07) is -0.0156. The fourth-order valence-electron chi connectivity index (χ4n) is 5.19. The Bertz CT molecular complexity index is 1110. The number of rotatable bonds is 2. The molecule has 3 fully saturated rings. The molecule has 0 spiro atoms. The lowest BCUT2D eigenvalue weighted by molar-refractivity contribution is 0.0229. The topological polar surface area (TPSA) is 125 Å². The second-order valence-electron chi connectivity index (χ2n) is 8.41. The number of anilines is 2. The summed E-state index contributed by atoms with van der Waals surface area (Å²) in [5.41, 5.74) is 5.77. The van der Waals surface area contributed by atoms with E-state index in [1.807, 2.05) is 4.90 Å². The van der Waals surface area contributed by atoms with E-state index in [0.717, 1.165) is 12.8 Å². The van der Waals surface area contributed by atoms with E-state index >= 15 is 4.39 Å². The highest BCUT2D eigenvalue weighted by molar-refractivity contribution is 5.97. The lowest BCUT2D eigenvalue weighted by Gasteiger charge is -2.26. The van der Waals surface area contributed by atoms with E-state index < -0.39 is 29.3 Å². The van der Waals surface area contributed by atoms with Gasteiger partial charge in [0.1, 0.15) is 0 Å². The Balaban J connectivity index is 1.72. The number of benzene rings is 1. The van der Waals surface area contributed by atoms with E-state index in [1.165, 1.54) is 4.57 Å². The molecular weight excluding hydrogens is 367 g/mol. The Labute approximate surface area is 159 Å². The minimum atomic E-state index is -0.830. The standard InChI is InChI=1S/C19H23FN4O4/c1-7-15-12(18(27)22-19(28)24(15)9-2-3-9)14(21)13(20)16(7)23-5-8-4-11(25)17(26)10(8)6-23/h8-11,17,25-26H,2-6,21H2,1H3,(H,22,27,28). The number of H-pyrrole nitrogens is 1. The molecule has 2 saturated carbocycles. The molecule has 8 nitrogen and oxygen atoms in total. The second-order valence-corrected chi connectivity index (χ2v) is 8.41. The molecule has 2 aliphatic carbocycles. The van der Waals surface area contributed by atoms with Crippen LogP contribution in [-0.4, -0.2) is 45.1 Å². The van der Waals surface area contributed by atoms with Crippen LogP contribution in [0.25, 0.3) is 10.9 Å². The number of nitrogens with zero attached hydrogens (tertiary/aromatic N) is 2. The van der Waals surface area contributed by atoms with Gasteiger partial charge >= 0.3 is 5.69 Å². The number of nitrogens with one attached hydrogen (secondary N) is 1. The Morgan fingerprint density at radius 1 is 1.21 bits per heavy atom. The molecule has 2 aromatic rings. The summed E-state index contributed by atoms with van der Waals surface area (Å²) < 4.78 is 16.8. The predicted octanol–water partition coefficient (Wildman–Crippen LogP) is 0.232. The zero-order chi connectivity index (χ0) is 19.9. The molecule has 150 valence electrons. The van der Waals surface area contributed by atoms with E-state index in [-0.39, 0.29) is 34.6 Å². The number of fused-ring (bicyclic) bond motifs is 2. The zero-order valence-corrected chi connectivity index (χ0v) is 15.5. The Morgan fingerprint density at radius 2 is 1.93 bits per heavy atom. The maximum absolute atomic E-state index is 15.3. The van der Waals surface area contributed by atoms with Crippen LogP contribution in [0.3, 0.4) is 0 Å². The first-order valence-electron chi connectivity index (χ1n) is 9.66. The van der Waals surface area contributed by atoms with Crippen LogP contribution in [-0.2, 0) is 0 Å². The van der Waals surface area contributed by atoms with Gasteiger partial charge in [0.15, 0.2) is 5.82 Å². The molecule has 0 radical (unpaired) electrons. The number of aromatic nitrogens is 2. The third-order valence-electron chi connectivity index (χ3n) is 6.67. The van der Waals surface area contributed by atoms with Crippen LogP contribution in [0.15, 0.2) is 9.59 Å². The van der Waals surface area contributed by atoms with Gasteiger partial charge in [-0.25, -0.2) is 9.18 Å². The van der Waals surface area contributed by atoms with Gasteiger partial charge in [-0.05, 0) is 32.1 Å². The van der Waals surface area contributed by atoms with Crippen molar-refractivity contribution < 1.29 is 14.6 Å². The first-order chi connectivity index (χ1) is 13.3. The zero-order valence-electron chi connectivity index (χ0n) is 15.5. The van der Waals surface area contributed by atoms with Gasteiger partial charge in [0.05, 0.1) is 34.5 Å². The highest BCUT2D eigenvalue weighted by Gasteiger charge is 2.47. The van der Waals surface area contributed by atoms with Crippen LogP contribution in [0, 0.1) is 24.6 Å². The van der Waals surface area contributed by atoms with Crippen molar-refractivity contribution in [1.82, 2.24) is 9.55 Å². The normalized spacial score (nSPS) is 29.6. The molecule has 28 heavy (non-hydrogen) atoms. The largest absolute Gasteiger partial charge is 0.396 e. The number of nitrogens with two attached hydrogens (primary N) is 1. The predicted molar refractivity (Wildman–Crippen MR) is 102 cm³/mol. The highest BCUT2D eigenvalue weighted by Crippen LogP contribution is 2.45. The smallest absolute Gasteiger partial charge is 0.329 e. The van der Waals surface area contributed by atoms with Crippen LogP contribution in [0.5, 0.6) is 0 Å². The minimum Gasteiger partial charge on any atom is -0.396 e. The van der Waals surface area contributed by atoms with E-state index in [2.05, 4.69) is 4.98 Å². The Morgan fingerprint density at radius 3 is 2.57 bits per heavy atom. The van der Waals surface area contributed by atoms with Crippen LogP contribution in [0.2, 0.25) is 0 Å². The summed E-state index contributed by atoms with van der Waals surface area (Å²) in [5, 5.41) is 20.1. The van der Waals surface area contributed by atoms with Gasteiger partial charge in [-0.3, -0.25) is 14.3 Å². The Hall–Kier alpha value is -2.39. The van der Waals surface area contributed by atoms with Crippen LogP contribution in [0.4, 0.5) is 15.8 Å². The van der Waals surface area contributed by atoms with Crippen LogP contribution < -0.4 is 21.9 Å². The molecule has 1 saturated heterocycles. The third-order valence-corrected chi connectivity index (χ3v) is 6.67. The lowest BCUT2D eigenvalue weighted by Crippen LogP contribution is -2.33. The van der Waals surface area contributed by atoms with Crippen molar-refractivity contribution in [3.8, 4) is 0 Å². The first-order valence-corrected chi connectivity index (χ1v) is 9.66. The summed E-state index contributed by atoms with van der Waals surface area (Å²) in [5.74, 6) is -0.757. The fraction of sp³-hybridized carbons (Fsp3) is 0.579. The monoisotopic (exact) mass is 390 g/mol. The molecular formula is C19H23FN4O4. The summed E-state index contributed by atoms with van der Waals surface area (Å²) in [4.78, 5) is 28.9. The van der Waals surface area contributed by atoms with E-state index in [1.54, 1.807) is 6.92 Å². The van der Waals surface area contributed by atoms with Gasteiger partial charge in [0, 0.05) is 30.6 Å². The van der Waals surface area contributed by atoms with Crippen molar-refractivity contribution >= 4 is 22.3 Å². The SMILES string of the molecule is Cc1c(N2CC3CC(O)C(O)C3C2)c(F)c(N)c2c(=O)[nH]c(=O)n(C3CC3)c12. The number of nitrogen functional groups attached to an aromatic ring is 1. The van der Waals surface area contributed by atoms with E-state index in [9.17, 15) is 19.8 Å². The van der Waals surface area contributed by atoms with Crippen molar-refractivity contribution in [3.05, 3.63) is 32.2 Å². The minimum absolute atomic E-state index is 0.0140. The van der Waals surface area contributed by atoms with Gasteiger partial charge < -0.3 is 20.8 Å². The van der Waals surface area contributed by atoms with Gasteiger partial charge in [-0.15, -0.1) is 0 Å². The number of hydrogen-bond acceptors (Lipinski definition) is 6. The molecule has 0 amide bonds. The average Bonchev–Trinajstić information content (AvgIpc) is 3.33. The summed E-state index contributed by atoms with van der Waals surface area (Å²) in [7, 11) is 0. The molecule has 3 aliphatic rings. The van der Waals surface area contributed by atoms with Crippen LogP contribution >= 0.6 is 0 Å². The van der Waals surface area contributed by atoms with Gasteiger partial charge in [0.25, 0.3) is 5.56 Å². The molecule has 4 unspecified atom stereocenters. The average molecular weight is 390 g/mol. The Kier molecular flexibility index (Phi) is 3.67. The van der Waals surface area contributed by atoms with Gasteiger partial charge in [-0.2, -0.15) is 0 Å². The summed E-state index contributed by atoms with van der Waals surface area (Å²) in [6.45, 7) is 2.58. The van der Waals surface area contributed by atoms with Crippen molar-refractivity contribution in [3.63, 3.8) is 0 Å². The first kappa shape index (κ1) is 17.7. The second kappa shape index (κ2) is 5.81. The van der Waals surface area contributed by atoms with Crippen molar-refractivity contribution in [2.75, 3.05) is 23.7 Å². The third kappa shape index (κ3) is 2.29. The highest BCUT2D eigenvalue weighted by atomic mass is 19.1. The molecule has 5 N–H and O–H groups in total. The molecule has 9 heteroatoms. The number of halogens is 1.